The molecule has 0 bridgehead atoms. The molecule has 1 N–H and O–H groups in total. The lowest BCUT2D eigenvalue weighted by Gasteiger charge is -2.06. The van der Waals surface area contributed by atoms with Gasteiger partial charge in [-0.25, -0.2) is 0 Å². The monoisotopic (exact) mass is 250 g/mol. The van der Waals surface area contributed by atoms with Crippen LogP contribution in [0.5, 0.6) is 0 Å². The minimum Gasteiger partial charge on any atom is -0.481 e. The van der Waals surface area contributed by atoms with Crippen LogP contribution >= 0.6 is 11.8 Å². The Morgan fingerprint density at radius 3 is 2.62 bits per heavy atom. The number of rotatable bonds is 4. The van der Waals surface area contributed by atoms with Crippen LogP contribution in [0, 0.1) is 0 Å². The molecule has 0 aliphatic heterocycles. The van der Waals surface area contributed by atoms with Crippen molar-refractivity contribution in [2.24, 2.45) is 0 Å². The topological polar surface area (TPSA) is 37.3 Å². The van der Waals surface area contributed by atoms with Crippen molar-refractivity contribution in [2.45, 2.75) is 23.2 Å². The lowest BCUT2D eigenvalue weighted by molar-refractivity contribution is -0.136. The van der Waals surface area contributed by atoms with Gasteiger partial charge in [-0.3, -0.25) is 4.79 Å². The highest BCUT2D eigenvalue weighted by atomic mass is 32.2. The summed E-state index contributed by atoms with van der Waals surface area (Å²) in [5, 5.41) is 8.45. The van der Waals surface area contributed by atoms with Crippen LogP contribution in [0.15, 0.2) is 29.2 Å². The van der Waals surface area contributed by atoms with Gasteiger partial charge >= 0.3 is 11.5 Å². The van der Waals surface area contributed by atoms with Crippen molar-refractivity contribution in [3.05, 3.63) is 29.8 Å². The van der Waals surface area contributed by atoms with Crippen LogP contribution in [-0.4, -0.2) is 16.6 Å². The first-order valence-electron chi connectivity index (χ1n) is 4.43. The first-order chi connectivity index (χ1) is 7.37. The van der Waals surface area contributed by atoms with Gasteiger partial charge in [0.05, 0.1) is 0 Å². The summed E-state index contributed by atoms with van der Waals surface area (Å²) >= 11 is -0.198. The molecule has 0 spiro atoms. The van der Waals surface area contributed by atoms with Crippen LogP contribution < -0.4 is 0 Å². The first-order valence-corrected chi connectivity index (χ1v) is 5.25. The van der Waals surface area contributed by atoms with Crippen molar-refractivity contribution in [3.63, 3.8) is 0 Å². The summed E-state index contributed by atoms with van der Waals surface area (Å²) in [5.74, 6) is -0.964. The van der Waals surface area contributed by atoms with Crippen LogP contribution in [0.4, 0.5) is 13.2 Å². The number of aliphatic carboxylic acids is 1. The Balaban J connectivity index is 2.67. The van der Waals surface area contributed by atoms with Gasteiger partial charge in [-0.05, 0) is 35.9 Å². The molecule has 0 unspecified atom stereocenters. The van der Waals surface area contributed by atoms with Gasteiger partial charge in [0.2, 0.25) is 0 Å². The molecule has 0 amide bonds. The maximum atomic E-state index is 12.1. The second kappa shape index (κ2) is 5.25. The van der Waals surface area contributed by atoms with Crippen LogP contribution in [0.25, 0.3) is 0 Å². The Morgan fingerprint density at radius 2 is 2.06 bits per heavy atom. The number of benzene rings is 1. The Hall–Kier alpha value is -1.17. The molecule has 0 saturated heterocycles. The van der Waals surface area contributed by atoms with Gasteiger partial charge in [0.25, 0.3) is 0 Å². The second-order valence-corrected chi connectivity index (χ2v) is 4.23. The third-order valence-electron chi connectivity index (χ3n) is 1.76. The van der Waals surface area contributed by atoms with E-state index in [1.165, 1.54) is 18.2 Å². The zero-order valence-corrected chi connectivity index (χ0v) is 8.94. The van der Waals surface area contributed by atoms with Crippen molar-refractivity contribution >= 4 is 17.7 Å². The fraction of sp³-hybridized carbons (Fsp3) is 0.300. The number of thioether (sulfide) groups is 1. The molecule has 0 saturated carbocycles. The number of carboxylic acid groups (broad SMARTS) is 1. The standard InChI is InChI=1S/C10H9F3O2S/c11-10(12,13)16-8-3-1-2-7(6-8)4-5-9(14)15/h1-3,6H,4-5H2,(H,14,15). The predicted octanol–water partition coefficient (Wildman–Crippen LogP) is 3.32. The lowest BCUT2D eigenvalue weighted by Crippen LogP contribution is -2.00. The van der Waals surface area contributed by atoms with Crippen molar-refractivity contribution in [3.8, 4) is 0 Å². The van der Waals surface area contributed by atoms with E-state index in [1.807, 2.05) is 0 Å². The smallest absolute Gasteiger partial charge is 0.446 e. The van der Waals surface area contributed by atoms with Gasteiger partial charge in [-0.1, -0.05) is 12.1 Å². The van der Waals surface area contributed by atoms with Crippen LogP contribution in [0.3, 0.4) is 0 Å². The van der Waals surface area contributed by atoms with E-state index < -0.39 is 11.5 Å². The van der Waals surface area contributed by atoms with E-state index in [2.05, 4.69) is 0 Å². The Bertz CT molecular complexity index is 377. The van der Waals surface area contributed by atoms with Gasteiger partial charge in [-0.2, -0.15) is 13.2 Å². The number of hydrogen-bond acceptors (Lipinski definition) is 2. The Labute approximate surface area is 94.5 Å². The Morgan fingerprint density at radius 1 is 1.38 bits per heavy atom. The molecule has 6 heteroatoms. The van der Waals surface area contributed by atoms with Gasteiger partial charge < -0.3 is 5.11 Å². The summed E-state index contributed by atoms with van der Waals surface area (Å²) in [7, 11) is 0. The molecule has 88 valence electrons. The summed E-state index contributed by atoms with van der Waals surface area (Å²) in [4.78, 5) is 10.4. The van der Waals surface area contributed by atoms with E-state index in [0.29, 0.717) is 5.56 Å². The van der Waals surface area contributed by atoms with Crippen molar-refractivity contribution in [1.29, 1.82) is 0 Å². The van der Waals surface area contributed by atoms with E-state index in [4.69, 9.17) is 5.11 Å². The number of hydrogen-bond donors (Lipinski definition) is 1. The molecule has 1 aromatic rings. The van der Waals surface area contributed by atoms with Crippen molar-refractivity contribution in [2.75, 3.05) is 0 Å². The van der Waals surface area contributed by atoms with Gasteiger partial charge in [-0.15, -0.1) is 0 Å². The minimum atomic E-state index is -4.31. The molecule has 2 nitrogen and oxygen atoms in total. The van der Waals surface area contributed by atoms with Gasteiger partial charge in [0.1, 0.15) is 0 Å². The number of halogens is 3. The summed E-state index contributed by atoms with van der Waals surface area (Å²) in [5.41, 5.74) is -3.72. The summed E-state index contributed by atoms with van der Waals surface area (Å²) in [6.07, 6.45) is 0.154. The van der Waals surface area contributed by atoms with E-state index in [0.717, 1.165) is 0 Å². The number of alkyl halides is 3. The number of aryl methyl sites for hydroxylation is 1. The normalized spacial score (nSPS) is 11.4. The second-order valence-electron chi connectivity index (χ2n) is 3.09. The summed E-state index contributed by atoms with van der Waals surface area (Å²) in [6.45, 7) is 0. The third kappa shape index (κ3) is 5.06. The first kappa shape index (κ1) is 12.9. The highest BCUT2D eigenvalue weighted by molar-refractivity contribution is 8.00. The predicted molar refractivity (Wildman–Crippen MR) is 54.3 cm³/mol. The highest BCUT2D eigenvalue weighted by Gasteiger charge is 2.29. The molecule has 1 aromatic carbocycles. The fourth-order valence-corrected chi connectivity index (χ4v) is 1.77. The van der Waals surface area contributed by atoms with Gasteiger partial charge in [0, 0.05) is 11.3 Å². The van der Waals surface area contributed by atoms with Crippen LogP contribution in [0.2, 0.25) is 0 Å². The molecule has 1 rings (SSSR count). The molecular weight excluding hydrogens is 241 g/mol. The summed E-state index contributed by atoms with van der Waals surface area (Å²) in [6, 6.07) is 5.82. The summed E-state index contributed by atoms with van der Waals surface area (Å²) < 4.78 is 36.2. The molecule has 0 aromatic heterocycles. The number of carboxylic acids is 1. The fourth-order valence-electron chi connectivity index (χ4n) is 1.15. The largest absolute Gasteiger partial charge is 0.481 e. The molecule has 0 atom stereocenters. The molecule has 0 aliphatic carbocycles. The van der Waals surface area contributed by atoms with Crippen LogP contribution in [-0.2, 0) is 11.2 Å². The number of carbonyl (C=O) groups is 1. The van der Waals surface area contributed by atoms with Gasteiger partial charge in [0.15, 0.2) is 0 Å². The quantitative estimate of drug-likeness (QED) is 0.833. The lowest BCUT2D eigenvalue weighted by atomic mass is 10.1. The maximum Gasteiger partial charge on any atom is 0.446 e. The van der Waals surface area contributed by atoms with E-state index in [1.54, 1.807) is 6.07 Å². The van der Waals surface area contributed by atoms with Crippen molar-refractivity contribution in [1.82, 2.24) is 0 Å². The Kier molecular flexibility index (Phi) is 4.23. The molecule has 0 heterocycles. The van der Waals surface area contributed by atoms with E-state index in [9.17, 15) is 18.0 Å². The molecule has 0 aliphatic rings. The zero-order chi connectivity index (χ0) is 12.2. The highest BCUT2D eigenvalue weighted by Crippen LogP contribution is 2.36. The average molecular weight is 250 g/mol. The maximum absolute atomic E-state index is 12.1. The van der Waals surface area contributed by atoms with Crippen LogP contribution in [0.1, 0.15) is 12.0 Å². The minimum absolute atomic E-state index is 0.0791. The average Bonchev–Trinajstić information content (AvgIpc) is 2.12. The van der Waals surface area contributed by atoms with E-state index in [-0.39, 0.29) is 29.5 Å². The molecule has 0 fully saturated rings. The SMILES string of the molecule is O=C(O)CCc1cccc(SC(F)(F)F)c1. The molecule has 16 heavy (non-hydrogen) atoms. The molecule has 0 radical (unpaired) electrons. The third-order valence-corrected chi connectivity index (χ3v) is 2.48. The molecular formula is C10H9F3O2S. The zero-order valence-electron chi connectivity index (χ0n) is 8.12. The van der Waals surface area contributed by atoms with Crippen molar-refractivity contribution < 1.29 is 23.1 Å². The van der Waals surface area contributed by atoms with E-state index >= 15 is 0 Å².